The molecule has 1 atom stereocenters. The van der Waals surface area contributed by atoms with Gasteiger partial charge in [-0.15, -0.1) is 0 Å². The van der Waals surface area contributed by atoms with Crippen LogP contribution in [-0.4, -0.2) is 67.2 Å². The number of aromatic nitrogens is 2. The average Bonchev–Trinajstić information content (AvgIpc) is 2.54. The minimum atomic E-state index is -0.243. The van der Waals surface area contributed by atoms with Crippen LogP contribution in [0.25, 0.3) is 0 Å². The number of hydrogen-bond acceptors (Lipinski definition) is 7. The summed E-state index contributed by atoms with van der Waals surface area (Å²) in [6.07, 6.45) is 0. The van der Waals surface area contributed by atoms with Gasteiger partial charge in [-0.25, -0.2) is 0 Å². The number of methoxy groups -OCH3 is 2. The molecule has 1 fully saturated rings. The van der Waals surface area contributed by atoms with Crippen LogP contribution in [0.4, 0.5) is 5.95 Å². The summed E-state index contributed by atoms with van der Waals surface area (Å²) in [6, 6.07) is 1.31. The van der Waals surface area contributed by atoms with Gasteiger partial charge in [-0.2, -0.15) is 9.97 Å². The molecule has 1 amide bonds. The van der Waals surface area contributed by atoms with Crippen LogP contribution in [0.3, 0.4) is 0 Å². The van der Waals surface area contributed by atoms with Gasteiger partial charge in [-0.05, 0) is 6.92 Å². The Labute approximate surface area is 123 Å². The zero-order chi connectivity index (χ0) is 15.2. The number of nitrogens with zero attached hydrogens (tertiary/aromatic N) is 3. The maximum atomic E-state index is 12.3. The molecule has 1 aliphatic heterocycles. The van der Waals surface area contributed by atoms with Crippen molar-refractivity contribution in [1.82, 2.24) is 20.2 Å². The van der Waals surface area contributed by atoms with E-state index in [1.165, 1.54) is 14.2 Å². The Balaban J connectivity index is 2.04. The third-order valence-electron chi connectivity index (χ3n) is 3.41. The van der Waals surface area contributed by atoms with Crippen molar-refractivity contribution < 1.29 is 14.3 Å². The maximum Gasteiger partial charge on any atom is 0.243 e. The number of anilines is 1. The van der Waals surface area contributed by atoms with Crippen LogP contribution in [0.2, 0.25) is 0 Å². The number of ether oxygens (including phenoxy) is 2. The minimum absolute atomic E-state index is 0.146. The summed E-state index contributed by atoms with van der Waals surface area (Å²) in [5, 5.41) is 5.96. The molecule has 0 aromatic carbocycles. The van der Waals surface area contributed by atoms with Crippen LogP contribution in [-0.2, 0) is 4.79 Å². The van der Waals surface area contributed by atoms with Gasteiger partial charge in [0.1, 0.15) is 0 Å². The standard InChI is InChI=1S/C13H21N5O3/c1-9(18-6-4-14-5-7-18)12(19)17-13-15-10(20-2)8-11(16-13)21-3/h8-9,14H,4-7H2,1-3H3,(H,15,16,17,19). The summed E-state index contributed by atoms with van der Waals surface area (Å²) in [4.78, 5) is 22.6. The first-order valence-electron chi connectivity index (χ1n) is 6.86. The molecule has 0 saturated carbocycles. The zero-order valence-electron chi connectivity index (χ0n) is 12.5. The largest absolute Gasteiger partial charge is 0.481 e. The normalized spacial score (nSPS) is 17.1. The number of amides is 1. The lowest BCUT2D eigenvalue weighted by Crippen LogP contribution is -2.51. The number of carbonyl (C=O) groups is 1. The molecule has 8 heteroatoms. The zero-order valence-corrected chi connectivity index (χ0v) is 12.5. The van der Waals surface area contributed by atoms with E-state index >= 15 is 0 Å². The molecule has 2 N–H and O–H groups in total. The first-order valence-corrected chi connectivity index (χ1v) is 6.86. The molecule has 0 radical (unpaired) electrons. The smallest absolute Gasteiger partial charge is 0.243 e. The molecule has 1 aliphatic rings. The molecule has 2 rings (SSSR count). The number of hydrogen-bond donors (Lipinski definition) is 2. The van der Waals surface area contributed by atoms with Crippen LogP contribution in [0.15, 0.2) is 6.07 Å². The van der Waals surface area contributed by atoms with Gasteiger partial charge in [0.15, 0.2) is 0 Å². The third-order valence-corrected chi connectivity index (χ3v) is 3.41. The van der Waals surface area contributed by atoms with Crippen molar-refractivity contribution in [3.05, 3.63) is 6.07 Å². The molecular formula is C13H21N5O3. The Morgan fingerprint density at radius 3 is 2.38 bits per heavy atom. The first kappa shape index (κ1) is 15.5. The molecular weight excluding hydrogens is 274 g/mol. The molecule has 1 unspecified atom stereocenters. The lowest BCUT2D eigenvalue weighted by atomic mass is 10.2. The fourth-order valence-corrected chi connectivity index (χ4v) is 2.12. The molecule has 1 aromatic heterocycles. The van der Waals surface area contributed by atoms with Crippen LogP contribution < -0.4 is 20.1 Å². The molecule has 21 heavy (non-hydrogen) atoms. The Morgan fingerprint density at radius 2 is 1.86 bits per heavy atom. The second-order valence-corrected chi connectivity index (χ2v) is 4.73. The third kappa shape index (κ3) is 4.02. The van der Waals surface area contributed by atoms with Gasteiger partial charge in [0.05, 0.1) is 26.3 Å². The van der Waals surface area contributed by atoms with Crippen molar-refractivity contribution in [2.75, 3.05) is 45.7 Å². The molecule has 0 aliphatic carbocycles. The monoisotopic (exact) mass is 295 g/mol. The van der Waals surface area contributed by atoms with E-state index in [2.05, 4.69) is 25.5 Å². The molecule has 0 bridgehead atoms. The predicted molar refractivity (Wildman–Crippen MR) is 77.7 cm³/mol. The highest BCUT2D eigenvalue weighted by molar-refractivity contribution is 5.93. The van der Waals surface area contributed by atoms with Crippen molar-refractivity contribution >= 4 is 11.9 Å². The van der Waals surface area contributed by atoms with Gasteiger partial charge in [0.25, 0.3) is 0 Å². The van der Waals surface area contributed by atoms with Crippen LogP contribution in [0.5, 0.6) is 11.8 Å². The van der Waals surface area contributed by atoms with Crippen molar-refractivity contribution in [3.63, 3.8) is 0 Å². The van der Waals surface area contributed by atoms with E-state index in [-0.39, 0.29) is 17.9 Å². The van der Waals surface area contributed by atoms with Crippen molar-refractivity contribution in [1.29, 1.82) is 0 Å². The van der Waals surface area contributed by atoms with Gasteiger partial charge in [0, 0.05) is 26.2 Å². The fourth-order valence-electron chi connectivity index (χ4n) is 2.12. The van der Waals surface area contributed by atoms with Crippen molar-refractivity contribution in [2.45, 2.75) is 13.0 Å². The predicted octanol–water partition coefficient (Wildman–Crippen LogP) is -0.274. The summed E-state index contributed by atoms with van der Waals surface area (Å²) < 4.78 is 10.1. The van der Waals surface area contributed by atoms with E-state index in [0.29, 0.717) is 11.8 Å². The maximum absolute atomic E-state index is 12.3. The Bertz CT molecular complexity index is 468. The molecule has 0 spiro atoms. The van der Waals surface area contributed by atoms with Crippen molar-refractivity contribution in [3.8, 4) is 11.8 Å². The van der Waals surface area contributed by atoms with Crippen LogP contribution in [0, 0.1) is 0 Å². The molecule has 116 valence electrons. The van der Waals surface area contributed by atoms with E-state index in [9.17, 15) is 4.79 Å². The van der Waals surface area contributed by atoms with Crippen molar-refractivity contribution in [2.24, 2.45) is 0 Å². The van der Waals surface area contributed by atoms with Gasteiger partial charge in [-0.3, -0.25) is 15.0 Å². The van der Waals surface area contributed by atoms with Gasteiger partial charge >= 0.3 is 0 Å². The number of carbonyl (C=O) groups excluding carboxylic acids is 1. The highest BCUT2D eigenvalue weighted by Gasteiger charge is 2.23. The summed E-state index contributed by atoms with van der Waals surface area (Å²) in [5.74, 6) is 0.712. The van der Waals surface area contributed by atoms with E-state index in [1.807, 2.05) is 6.92 Å². The summed E-state index contributed by atoms with van der Waals surface area (Å²) >= 11 is 0. The first-order chi connectivity index (χ1) is 10.1. The number of rotatable bonds is 5. The average molecular weight is 295 g/mol. The van der Waals surface area contributed by atoms with Crippen LogP contribution >= 0.6 is 0 Å². The Kier molecular flexibility index (Phi) is 5.29. The second kappa shape index (κ2) is 7.19. The van der Waals surface area contributed by atoms with E-state index in [0.717, 1.165) is 26.2 Å². The summed E-state index contributed by atoms with van der Waals surface area (Å²) in [5.41, 5.74) is 0. The lowest BCUT2D eigenvalue weighted by molar-refractivity contribution is -0.121. The number of nitrogens with one attached hydrogen (secondary N) is 2. The van der Waals surface area contributed by atoms with E-state index < -0.39 is 0 Å². The Morgan fingerprint density at radius 1 is 1.29 bits per heavy atom. The van der Waals surface area contributed by atoms with E-state index in [4.69, 9.17) is 9.47 Å². The summed E-state index contributed by atoms with van der Waals surface area (Å²) in [7, 11) is 2.99. The van der Waals surface area contributed by atoms with Crippen LogP contribution in [0.1, 0.15) is 6.92 Å². The summed E-state index contributed by atoms with van der Waals surface area (Å²) in [6.45, 7) is 5.34. The van der Waals surface area contributed by atoms with E-state index in [1.54, 1.807) is 6.07 Å². The molecule has 1 aromatic rings. The highest BCUT2D eigenvalue weighted by Crippen LogP contribution is 2.17. The minimum Gasteiger partial charge on any atom is -0.481 e. The number of piperazine rings is 1. The topological polar surface area (TPSA) is 88.6 Å². The van der Waals surface area contributed by atoms with Gasteiger partial charge < -0.3 is 14.8 Å². The SMILES string of the molecule is COc1cc(OC)nc(NC(=O)C(C)N2CCNCC2)n1. The Hall–Kier alpha value is -1.93. The second-order valence-electron chi connectivity index (χ2n) is 4.73. The highest BCUT2D eigenvalue weighted by atomic mass is 16.5. The fraction of sp³-hybridized carbons (Fsp3) is 0.615. The van der Waals surface area contributed by atoms with Gasteiger partial charge in [0.2, 0.25) is 23.6 Å². The lowest BCUT2D eigenvalue weighted by Gasteiger charge is -2.31. The van der Waals surface area contributed by atoms with Gasteiger partial charge in [-0.1, -0.05) is 0 Å². The quantitative estimate of drug-likeness (QED) is 0.772. The molecule has 8 nitrogen and oxygen atoms in total. The molecule has 2 heterocycles. The molecule has 1 saturated heterocycles.